The Hall–Kier alpha value is -2.27. The van der Waals surface area contributed by atoms with Crippen molar-refractivity contribution >= 4 is 17.5 Å². The number of carbonyl (C=O) groups excluding carboxylic acids is 1. The van der Waals surface area contributed by atoms with Gasteiger partial charge in [-0.25, -0.2) is 4.98 Å². The fraction of sp³-hybridized carbons (Fsp3) is 0.400. The van der Waals surface area contributed by atoms with Gasteiger partial charge in [0.1, 0.15) is 5.15 Å². The van der Waals surface area contributed by atoms with Crippen LogP contribution in [0.15, 0.2) is 36.5 Å². The molecule has 2 rings (SSSR count). The van der Waals surface area contributed by atoms with Crippen molar-refractivity contribution in [1.82, 2.24) is 10.3 Å². The van der Waals surface area contributed by atoms with Gasteiger partial charge in [0, 0.05) is 6.20 Å². The minimum atomic E-state index is -0.256. The fourth-order valence-corrected chi connectivity index (χ4v) is 2.88. The van der Waals surface area contributed by atoms with Crippen LogP contribution in [0.3, 0.4) is 0 Å². The Balaban J connectivity index is 2.30. The molecule has 0 aliphatic rings. The van der Waals surface area contributed by atoms with Gasteiger partial charge in [-0.05, 0) is 49.6 Å². The van der Waals surface area contributed by atoms with E-state index in [1.807, 2.05) is 45.9 Å². The van der Waals surface area contributed by atoms with E-state index in [2.05, 4.69) is 10.3 Å². The Kier molecular flexibility index (Phi) is 7.27. The number of amides is 1. The number of carbonyl (C=O) groups is 1. The monoisotopic (exact) mass is 376 g/mol. The number of benzene rings is 1. The first-order chi connectivity index (χ1) is 12.5. The van der Waals surface area contributed by atoms with Gasteiger partial charge in [0.05, 0.1) is 24.8 Å². The van der Waals surface area contributed by atoms with Crippen LogP contribution in [0.5, 0.6) is 11.5 Å². The van der Waals surface area contributed by atoms with E-state index in [0.29, 0.717) is 30.3 Å². The van der Waals surface area contributed by atoms with E-state index in [9.17, 15) is 4.79 Å². The van der Waals surface area contributed by atoms with Crippen molar-refractivity contribution < 1.29 is 14.3 Å². The fourth-order valence-electron chi connectivity index (χ4n) is 2.67. The highest BCUT2D eigenvalue weighted by Crippen LogP contribution is 2.33. The van der Waals surface area contributed by atoms with E-state index in [1.54, 1.807) is 18.3 Å². The van der Waals surface area contributed by atoms with Gasteiger partial charge in [-0.3, -0.25) is 4.79 Å². The molecule has 0 spiro atoms. The van der Waals surface area contributed by atoms with E-state index >= 15 is 0 Å². The van der Waals surface area contributed by atoms with Gasteiger partial charge in [-0.15, -0.1) is 0 Å². The number of aromatic nitrogens is 1. The molecular formula is C20H25ClN2O3. The minimum Gasteiger partial charge on any atom is -0.490 e. The number of ether oxygens (including phenoxy) is 2. The van der Waals surface area contributed by atoms with Gasteiger partial charge in [0.2, 0.25) is 0 Å². The van der Waals surface area contributed by atoms with Gasteiger partial charge in [0.25, 0.3) is 5.91 Å². The standard InChI is InChI=1S/C20H25ClN2O3/c1-5-25-16-10-9-14(12-17(16)26-6-2)18(13(3)4)23-20(24)15-8-7-11-22-19(15)21/h7-13,18H,5-6H2,1-4H3,(H,23,24). The summed E-state index contributed by atoms with van der Waals surface area (Å²) >= 11 is 6.04. The number of nitrogens with one attached hydrogen (secondary N) is 1. The number of hydrogen-bond acceptors (Lipinski definition) is 4. The Morgan fingerprint density at radius 1 is 1.15 bits per heavy atom. The largest absolute Gasteiger partial charge is 0.490 e. The van der Waals surface area contributed by atoms with Crippen LogP contribution in [-0.2, 0) is 0 Å². The van der Waals surface area contributed by atoms with Crippen LogP contribution < -0.4 is 14.8 Å². The van der Waals surface area contributed by atoms with Crippen molar-refractivity contribution in [3.63, 3.8) is 0 Å². The summed E-state index contributed by atoms with van der Waals surface area (Å²) in [5, 5.41) is 3.24. The molecule has 0 bridgehead atoms. The average Bonchev–Trinajstić information content (AvgIpc) is 2.61. The van der Waals surface area contributed by atoms with Gasteiger partial charge in [0.15, 0.2) is 11.5 Å². The minimum absolute atomic E-state index is 0.168. The second-order valence-corrected chi connectivity index (χ2v) is 6.47. The molecule has 0 aliphatic carbocycles. The molecule has 0 aliphatic heterocycles. The Bertz CT molecular complexity index is 750. The van der Waals surface area contributed by atoms with Crippen LogP contribution in [0.25, 0.3) is 0 Å². The molecule has 0 fully saturated rings. The summed E-state index contributed by atoms with van der Waals surface area (Å²) in [7, 11) is 0. The third-order valence-corrected chi connectivity index (χ3v) is 4.18. The SMILES string of the molecule is CCOc1ccc(C(NC(=O)c2cccnc2Cl)C(C)C)cc1OCC. The van der Waals surface area contributed by atoms with E-state index < -0.39 is 0 Å². The molecule has 1 aromatic carbocycles. The van der Waals surface area contributed by atoms with Crippen LogP contribution in [0.4, 0.5) is 0 Å². The molecule has 0 saturated heterocycles. The quantitative estimate of drug-likeness (QED) is 0.680. The molecule has 6 heteroatoms. The zero-order valence-corrected chi connectivity index (χ0v) is 16.3. The molecule has 26 heavy (non-hydrogen) atoms. The number of rotatable bonds is 8. The van der Waals surface area contributed by atoms with Gasteiger partial charge in [-0.2, -0.15) is 0 Å². The molecule has 1 N–H and O–H groups in total. The molecular weight excluding hydrogens is 352 g/mol. The Morgan fingerprint density at radius 3 is 2.46 bits per heavy atom. The van der Waals surface area contributed by atoms with Crippen molar-refractivity contribution in [3.8, 4) is 11.5 Å². The lowest BCUT2D eigenvalue weighted by molar-refractivity contribution is 0.0925. The first kappa shape index (κ1) is 20.0. The van der Waals surface area contributed by atoms with Gasteiger partial charge in [-0.1, -0.05) is 31.5 Å². The summed E-state index contributed by atoms with van der Waals surface area (Å²) in [6.07, 6.45) is 1.56. The van der Waals surface area contributed by atoms with Crippen molar-refractivity contribution in [1.29, 1.82) is 0 Å². The third kappa shape index (κ3) is 4.88. The number of pyridine rings is 1. The van der Waals surface area contributed by atoms with Gasteiger partial charge < -0.3 is 14.8 Å². The average molecular weight is 377 g/mol. The normalized spacial score (nSPS) is 11.9. The maximum atomic E-state index is 12.6. The van der Waals surface area contributed by atoms with E-state index in [0.717, 1.165) is 5.56 Å². The zero-order valence-electron chi connectivity index (χ0n) is 15.6. The smallest absolute Gasteiger partial charge is 0.254 e. The van der Waals surface area contributed by atoms with Gasteiger partial charge >= 0.3 is 0 Å². The topological polar surface area (TPSA) is 60.5 Å². The molecule has 1 heterocycles. The highest BCUT2D eigenvalue weighted by molar-refractivity contribution is 6.32. The first-order valence-electron chi connectivity index (χ1n) is 8.78. The molecule has 0 saturated carbocycles. The lowest BCUT2D eigenvalue weighted by atomic mass is 9.95. The summed E-state index contributed by atoms with van der Waals surface area (Å²) in [5.41, 5.74) is 1.30. The molecule has 5 nitrogen and oxygen atoms in total. The first-order valence-corrected chi connectivity index (χ1v) is 9.16. The predicted octanol–water partition coefficient (Wildman–Crippen LogP) is 4.66. The number of nitrogens with zero attached hydrogens (tertiary/aromatic N) is 1. The molecule has 1 unspecified atom stereocenters. The maximum Gasteiger partial charge on any atom is 0.254 e. The van der Waals surface area contributed by atoms with Crippen molar-refractivity contribution in [2.45, 2.75) is 33.7 Å². The highest BCUT2D eigenvalue weighted by Gasteiger charge is 2.22. The molecule has 0 radical (unpaired) electrons. The molecule has 140 valence electrons. The predicted molar refractivity (Wildman–Crippen MR) is 103 cm³/mol. The second-order valence-electron chi connectivity index (χ2n) is 6.11. The van der Waals surface area contributed by atoms with Crippen LogP contribution >= 0.6 is 11.6 Å². The highest BCUT2D eigenvalue weighted by atomic mass is 35.5. The Morgan fingerprint density at radius 2 is 1.85 bits per heavy atom. The van der Waals surface area contributed by atoms with Crippen molar-refractivity contribution in [3.05, 3.63) is 52.8 Å². The van der Waals surface area contributed by atoms with E-state index in [1.165, 1.54) is 0 Å². The molecule has 1 atom stereocenters. The summed E-state index contributed by atoms with van der Waals surface area (Å²) in [5.74, 6) is 1.28. The van der Waals surface area contributed by atoms with E-state index in [-0.39, 0.29) is 23.0 Å². The lowest BCUT2D eigenvalue weighted by Crippen LogP contribution is -2.32. The summed E-state index contributed by atoms with van der Waals surface area (Å²) in [6.45, 7) is 9.04. The maximum absolute atomic E-state index is 12.6. The summed E-state index contributed by atoms with van der Waals surface area (Å²) in [6, 6.07) is 8.89. The summed E-state index contributed by atoms with van der Waals surface area (Å²) < 4.78 is 11.3. The van der Waals surface area contributed by atoms with Crippen LogP contribution in [0.2, 0.25) is 5.15 Å². The number of hydrogen-bond donors (Lipinski definition) is 1. The van der Waals surface area contributed by atoms with Crippen LogP contribution in [0.1, 0.15) is 49.7 Å². The van der Waals surface area contributed by atoms with Crippen LogP contribution in [0, 0.1) is 5.92 Å². The Labute approximate surface area is 159 Å². The van der Waals surface area contributed by atoms with E-state index in [4.69, 9.17) is 21.1 Å². The van der Waals surface area contributed by atoms with Crippen molar-refractivity contribution in [2.24, 2.45) is 5.92 Å². The molecule has 1 aromatic heterocycles. The van der Waals surface area contributed by atoms with Crippen molar-refractivity contribution in [2.75, 3.05) is 13.2 Å². The number of halogens is 1. The summed E-state index contributed by atoms with van der Waals surface area (Å²) in [4.78, 5) is 16.6. The lowest BCUT2D eigenvalue weighted by Gasteiger charge is -2.24. The third-order valence-electron chi connectivity index (χ3n) is 3.88. The molecule has 2 aromatic rings. The molecule has 1 amide bonds. The second kappa shape index (κ2) is 9.43. The zero-order chi connectivity index (χ0) is 19.1. The van der Waals surface area contributed by atoms with Crippen LogP contribution in [-0.4, -0.2) is 24.1 Å².